The van der Waals surface area contributed by atoms with E-state index in [1.807, 2.05) is 6.07 Å². The highest BCUT2D eigenvalue weighted by Gasteiger charge is 2.20. The summed E-state index contributed by atoms with van der Waals surface area (Å²) in [6, 6.07) is 8.31. The fourth-order valence-electron chi connectivity index (χ4n) is 2.70. The Hall–Kier alpha value is -1.20. The van der Waals surface area contributed by atoms with Crippen molar-refractivity contribution >= 4 is 24.8 Å². The maximum absolute atomic E-state index is 5.89. The second kappa shape index (κ2) is 7.88. The lowest BCUT2D eigenvalue weighted by molar-refractivity contribution is 0.307. The Balaban J connectivity index is 0.00000121. The smallest absolute Gasteiger partial charge is 0.159 e. The Bertz CT molecular complexity index is 629. The quantitative estimate of drug-likeness (QED) is 0.913. The number of aromatic nitrogens is 2. The highest BCUT2D eigenvalue weighted by molar-refractivity contribution is 5.85. The van der Waals surface area contributed by atoms with Crippen LogP contribution in [0, 0.1) is 6.92 Å². The monoisotopic (exact) mass is 340 g/mol. The van der Waals surface area contributed by atoms with E-state index < -0.39 is 0 Å². The van der Waals surface area contributed by atoms with Crippen molar-refractivity contribution in [2.45, 2.75) is 26.4 Å². The lowest BCUT2D eigenvalue weighted by atomic mass is 10.0. The molecule has 2 aromatic rings. The van der Waals surface area contributed by atoms with E-state index in [2.05, 4.69) is 42.1 Å². The normalized spacial score (nSPS) is 13.8. The number of aryl methyl sites for hydroxylation is 1. The molecule has 0 amide bonds. The zero-order valence-electron chi connectivity index (χ0n) is 12.9. The van der Waals surface area contributed by atoms with Crippen LogP contribution in [0.5, 0.6) is 0 Å². The molecule has 1 aliphatic heterocycles. The molecular weight excluding hydrogens is 319 g/mol. The van der Waals surface area contributed by atoms with Crippen LogP contribution in [0.3, 0.4) is 0 Å². The summed E-state index contributed by atoms with van der Waals surface area (Å²) in [7, 11) is 2.12. The predicted molar refractivity (Wildman–Crippen MR) is 94.6 cm³/mol. The van der Waals surface area contributed by atoms with Crippen molar-refractivity contribution in [3.05, 3.63) is 46.8 Å². The fraction of sp³-hybridized carbons (Fsp3) is 0.375. The summed E-state index contributed by atoms with van der Waals surface area (Å²) < 4.78 is 0. The predicted octanol–water partition coefficient (Wildman–Crippen LogP) is 2.74. The van der Waals surface area contributed by atoms with Crippen LogP contribution in [-0.2, 0) is 19.5 Å². The molecule has 0 unspecified atom stereocenters. The molecule has 0 aliphatic carbocycles. The Morgan fingerprint density at radius 1 is 1.23 bits per heavy atom. The van der Waals surface area contributed by atoms with Gasteiger partial charge in [-0.05, 0) is 20.0 Å². The molecule has 2 N–H and O–H groups in total. The molecule has 22 heavy (non-hydrogen) atoms. The number of nitrogens with two attached hydrogens (primary N) is 1. The largest absolute Gasteiger partial charge is 0.325 e. The van der Waals surface area contributed by atoms with Gasteiger partial charge in [-0.3, -0.25) is 0 Å². The second-order valence-corrected chi connectivity index (χ2v) is 5.48. The van der Waals surface area contributed by atoms with Gasteiger partial charge in [0.05, 0.1) is 11.4 Å². The van der Waals surface area contributed by atoms with Gasteiger partial charge >= 0.3 is 0 Å². The van der Waals surface area contributed by atoms with Crippen LogP contribution in [0.15, 0.2) is 24.3 Å². The number of hydrogen-bond donors (Lipinski definition) is 1. The van der Waals surface area contributed by atoms with Gasteiger partial charge in [-0.15, -0.1) is 24.8 Å². The molecule has 6 heteroatoms. The number of nitrogens with zero attached hydrogens (tertiary/aromatic N) is 3. The van der Waals surface area contributed by atoms with E-state index in [0.29, 0.717) is 6.54 Å². The average Bonchev–Trinajstić information content (AvgIpc) is 2.46. The molecular formula is C16H22Cl2N4. The van der Waals surface area contributed by atoms with E-state index >= 15 is 0 Å². The van der Waals surface area contributed by atoms with Crippen LogP contribution in [0.2, 0.25) is 0 Å². The zero-order valence-corrected chi connectivity index (χ0v) is 14.5. The fourth-order valence-corrected chi connectivity index (χ4v) is 2.70. The summed E-state index contributed by atoms with van der Waals surface area (Å²) in [6.07, 6.45) is 0.972. The maximum Gasteiger partial charge on any atom is 0.159 e. The minimum Gasteiger partial charge on any atom is -0.325 e. The molecule has 1 aromatic heterocycles. The van der Waals surface area contributed by atoms with E-state index in [4.69, 9.17) is 10.7 Å². The van der Waals surface area contributed by atoms with Gasteiger partial charge in [0.2, 0.25) is 0 Å². The topological polar surface area (TPSA) is 55.0 Å². The molecule has 0 spiro atoms. The Morgan fingerprint density at radius 2 is 2.00 bits per heavy atom. The summed E-state index contributed by atoms with van der Waals surface area (Å²) in [6.45, 7) is 4.50. The number of likely N-dealkylation sites (N-methyl/N-ethyl adjacent to an activating group) is 1. The van der Waals surface area contributed by atoms with E-state index in [-0.39, 0.29) is 24.8 Å². The third kappa shape index (κ3) is 3.76. The highest BCUT2D eigenvalue weighted by Crippen LogP contribution is 2.24. The maximum atomic E-state index is 5.89. The van der Waals surface area contributed by atoms with Crippen molar-refractivity contribution in [2.24, 2.45) is 5.73 Å². The zero-order chi connectivity index (χ0) is 14.1. The number of fused-ring (bicyclic) bond motifs is 1. The van der Waals surface area contributed by atoms with Crippen LogP contribution in [0.4, 0.5) is 0 Å². The van der Waals surface area contributed by atoms with Crippen LogP contribution >= 0.6 is 24.8 Å². The van der Waals surface area contributed by atoms with Crippen molar-refractivity contribution in [1.29, 1.82) is 0 Å². The molecule has 0 atom stereocenters. The summed E-state index contributed by atoms with van der Waals surface area (Å²) in [5, 5.41) is 0. The lowest BCUT2D eigenvalue weighted by Crippen LogP contribution is -2.29. The molecule has 0 fully saturated rings. The van der Waals surface area contributed by atoms with Crippen molar-refractivity contribution in [1.82, 2.24) is 14.9 Å². The van der Waals surface area contributed by atoms with Crippen LogP contribution in [-0.4, -0.2) is 28.5 Å². The highest BCUT2D eigenvalue weighted by atomic mass is 35.5. The van der Waals surface area contributed by atoms with E-state index in [1.54, 1.807) is 0 Å². The van der Waals surface area contributed by atoms with Crippen molar-refractivity contribution in [3.8, 4) is 11.4 Å². The summed E-state index contributed by atoms with van der Waals surface area (Å²) in [5.74, 6) is 0.803. The van der Waals surface area contributed by atoms with Gasteiger partial charge in [0, 0.05) is 37.2 Å². The minimum absolute atomic E-state index is 0. The molecule has 0 saturated heterocycles. The first kappa shape index (κ1) is 18.8. The minimum atomic E-state index is 0. The van der Waals surface area contributed by atoms with Gasteiger partial charge in [0.25, 0.3) is 0 Å². The standard InChI is InChI=1S/C16H20N4.2ClH/c1-11-4-3-5-12(8-11)16-18-14-6-7-20(2)10-13(14)15(9-17)19-16;;/h3-5,8H,6-7,9-10,17H2,1-2H3;2*1H. The average molecular weight is 341 g/mol. The lowest BCUT2D eigenvalue weighted by Gasteiger charge is -2.26. The van der Waals surface area contributed by atoms with E-state index in [9.17, 15) is 0 Å². The molecule has 4 nitrogen and oxygen atoms in total. The molecule has 1 aliphatic rings. The van der Waals surface area contributed by atoms with E-state index in [1.165, 1.54) is 11.1 Å². The van der Waals surface area contributed by atoms with Crippen molar-refractivity contribution in [3.63, 3.8) is 0 Å². The van der Waals surface area contributed by atoms with Gasteiger partial charge in [0.15, 0.2) is 5.82 Å². The Kier molecular flexibility index (Phi) is 6.75. The molecule has 1 aromatic carbocycles. The Labute approximate surface area is 144 Å². The molecule has 0 saturated carbocycles. The summed E-state index contributed by atoms with van der Waals surface area (Å²) in [4.78, 5) is 11.8. The van der Waals surface area contributed by atoms with E-state index in [0.717, 1.165) is 42.3 Å². The van der Waals surface area contributed by atoms with Gasteiger partial charge in [-0.2, -0.15) is 0 Å². The first-order chi connectivity index (χ1) is 9.67. The Morgan fingerprint density at radius 3 is 2.68 bits per heavy atom. The second-order valence-electron chi connectivity index (χ2n) is 5.48. The first-order valence-electron chi connectivity index (χ1n) is 7.01. The SMILES string of the molecule is Cc1cccc(-c2nc(CN)c3c(n2)CCN(C)C3)c1.Cl.Cl. The third-order valence-corrected chi connectivity index (χ3v) is 3.81. The van der Waals surface area contributed by atoms with Crippen molar-refractivity contribution < 1.29 is 0 Å². The van der Waals surface area contributed by atoms with Gasteiger partial charge in [-0.25, -0.2) is 9.97 Å². The van der Waals surface area contributed by atoms with Gasteiger partial charge in [0.1, 0.15) is 0 Å². The number of benzene rings is 1. The van der Waals surface area contributed by atoms with Crippen LogP contribution in [0.1, 0.15) is 22.5 Å². The van der Waals surface area contributed by atoms with Crippen molar-refractivity contribution in [2.75, 3.05) is 13.6 Å². The van der Waals surface area contributed by atoms with Gasteiger partial charge in [-0.1, -0.05) is 23.8 Å². The molecule has 120 valence electrons. The molecule has 2 heterocycles. The molecule has 0 radical (unpaired) electrons. The molecule has 0 bridgehead atoms. The number of halogens is 2. The number of hydrogen-bond acceptors (Lipinski definition) is 4. The summed E-state index contributed by atoms with van der Waals surface area (Å²) >= 11 is 0. The number of rotatable bonds is 2. The summed E-state index contributed by atoms with van der Waals surface area (Å²) in [5.41, 5.74) is 11.5. The molecule has 3 rings (SSSR count). The first-order valence-corrected chi connectivity index (χ1v) is 7.01. The third-order valence-electron chi connectivity index (χ3n) is 3.81. The van der Waals surface area contributed by atoms with Gasteiger partial charge < -0.3 is 10.6 Å². The van der Waals surface area contributed by atoms with Crippen LogP contribution in [0.25, 0.3) is 11.4 Å². The van der Waals surface area contributed by atoms with Crippen LogP contribution < -0.4 is 5.73 Å².